The lowest BCUT2D eigenvalue weighted by Crippen LogP contribution is -2.34. The monoisotopic (exact) mass is 620 g/mol. The van der Waals surface area contributed by atoms with Crippen molar-refractivity contribution in [3.05, 3.63) is 53.3 Å². The highest BCUT2D eigenvalue weighted by molar-refractivity contribution is 7.92. The van der Waals surface area contributed by atoms with Crippen LogP contribution in [0.4, 0.5) is 14.9 Å². The Labute approximate surface area is 247 Å². The van der Waals surface area contributed by atoms with Gasteiger partial charge in [-0.05, 0) is 61.6 Å². The van der Waals surface area contributed by atoms with E-state index in [2.05, 4.69) is 4.74 Å². The van der Waals surface area contributed by atoms with Crippen LogP contribution in [-0.4, -0.2) is 78.7 Å². The third kappa shape index (κ3) is 8.60. The molecule has 3 aromatic rings. The summed E-state index contributed by atoms with van der Waals surface area (Å²) in [6.07, 6.45) is 1.39. The molecule has 0 radical (unpaired) electrons. The van der Waals surface area contributed by atoms with Crippen LogP contribution in [0.15, 0.2) is 40.8 Å². The minimum absolute atomic E-state index is 0.00607. The predicted octanol–water partition coefficient (Wildman–Crippen LogP) is 3.76. The maximum Gasteiger partial charge on any atom is 0.412 e. The first-order valence-electron chi connectivity index (χ1n) is 13.5. The molecule has 2 aromatic carbocycles. The van der Waals surface area contributed by atoms with Crippen LogP contribution >= 0.6 is 0 Å². The number of carbonyl (C=O) groups excluding carboxylic acids is 3. The average molecular weight is 621 g/mol. The lowest BCUT2D eigenvalue weighted by atomic mass is 10.0. The number of primary amides is 1. The van der Waals surface area contributed by atoms with Crippen molar-refractivity contribution >= 4 is 44.5 Å². The summed E-state index contributed by atoms with van der Waals surface area (Å²) in [5.41, 5.74) is 6.54. The number of Topliss-reactive ketones (excluding diaryl/α,β-unsaturated/α-hetero) is 1. The second-order valence-corrected chi connectivity index (χ2v) is 11.9. The lowest BCUT2D eigenvalue weighted by molar-refractivity contribution is -0.122. The molecule has 1 saturated carbocycles. The van der Waals surface area contributed by atoms with E-state index in [1.165, 1.54) is 41.6 Å². The number of hydrogen-bond donors (Lipinski definition) is 1. The van der Waals surface area contributed by atoms with Gasteiger partial charge in [-0.3, -0.25) is 9.10 Å². The van der Waals surface area contributed by atoms with Gasteiger partial charge in [0.25, 0.3) is 0 Å². The molecule has 4 rings (SSSR count). The number of sulfonamides is 1. The number of carbonyl (C=O) groups is 3. The summed E-state index contributed by atoms with van der Waals surface area (Å²) in [6.45, 7) is 2.54. The van der Waals surface area contributed by atoms with Gasteiger partial charge >= 0.3 is 12.1 Å². The number of rotatable bonds is 16. The molecule has 232 valence electrons. The van der Waals surface area contributed by atoms with Crippen LogP contribution in [0.3, 0.4) is 0 Å². The van der Waals surface area contributed by atoms with E-state index in [0.717, 1.165) is 19.1 Å². The highest BCUT2D eigenvalue weighted by atomic mass is 32.2. The molecule has 12 nitrogen and oxygen atoms in total. The molecule has 14 heteroatoms. The van der Waals surface area contributed by atoms with Gasteiger partial charge < -0.3 is 29.1 Å². The topological polar surface area (TPSA) is 165 Å². The Balaban J connectivity index is 1.59. The van der Waals surface area contributed by atoms with Gasteiger partial charge in [0, 0.05) is 17.0 Å². The third-order valence-electron chi connectivity index (χ3n) is 6.52. The van der Waals surface area contributed by atoms with Crippen molar-refractivity contribution in [2.75, 3.05) is 56.7 Å². The molecule has 0 saturated heterocycles. The highest BCUT2D eigenvalue weighted by Crippen LogP contribution is 2.48. The average Bonchev–Trinajstić information content (AvgIpc) is 3.70. The van der Waals surface area contributed by atoms with E-state index in [4.69, 9.17) is 24.4 Å². The highest BCUT2D eigenvalue weighted by Gasteiger charge is 2.33. The molecule has 0 aliphatic heterocycles. The molecule has 1 aliphatic rings. The maximum atomic E-state index is 13.6. The smallest absolute Gasteiger partial charge is 0.412 e. The van der Waals surface area contributed by atoms with Crippen molar-refractivity contribution < 1.29 is 50.6 Å². The van der Waals surface area contributed by atoms with E-state index in [9.17, 15) is 27.2 Å². The molecule has 1 aromatic heterocycles. The van der Waals surface area contributed by atoms with Gasteiger partial charge in [-0.2, -0.15) is 0 Å². The molecule has 1 aliphatic carbocycles. The first-order chi connectivity index (χ1) is 20.5. The molecule has 0 unspecified atom stereocenters. The summed E-state index contributed by atoms with van der Waals surface area (Å²) in [5, 5.41) is 0.297. The van der Waals surface area contributed by atoms with Gasteiger partial charge in [0.05, 0.1) is 51.5 Å². The number of amides is 1. The number of benzene rings is 2. The van der Waals surface area contributed by atoms with Crippen molar-refractivity contribution in [1.82, 2.24) is 0 Å². The summed E-state index contributed by atoms with van der Waals surface area (Å²) in [5.74, 6) is -1.58. The number of ether oxygens (including phenoxy) is 4. The van der Waals surface area contributed by atoms with Crippen LogP contribution in [0.2, 0.25) is 0 Å². The van der Waals surface area contributed by atoms with Crippen LogP contribution in [-0.2, 0) is 33.8 Å². The fraction of sp³-hybridized carbons (Fsp3) is 0.414. The number of fused-ring (bicyclic) bond motifs is 1. The number of hydrogen-bond acceptors (Lipinski definition) is 10. The van der Waals surface area contributed by atoms with Crippen molar-refractivity contribution in [2.45, 2.75) is 25.7 Å². The summed E-state index contributed by atoms with van der Waals surface area (Å²) in [4.78, 5) is 35.3. The third-order valence-corrected chi connectivity index (χ3v) is 7.70. The van der Waals surface area contributed by atoms with Crippen LogP contribution in [0, 0.1) is 5.82 Å². The van der Waals surface area contributed by atoms with E-state index in [1.807, 2.05) is 0 Å². The van der Waals surface area contributed by atoms with E-state index in [1.54, 1.807) is 6.07 Å². The maximum absolute atomic E-state index is 13.6. The first kappa shape index (κ1) is 32.1. The Morgan fingerprint density at radius 2 is 1.63 bits per heavy atom. The molecule has 0 bridgehead atoms. The predicted molar refractivity (Wildman–Crippen MR) is 154 cm³/mol. The van der Waals surface area contributed by atoms with Crippen LogP contribution in [0.25, 0.3) is 22.3 Å². The number of esters is 1. The van der Waals surface area contributed by atoms with E-state index in [-0.39, 0.29) is 74.8 Å². The second kappa shape index (κ2) is 14.1. The largest absolute Gasteiger partial charge is 0.455 e. The van der Waals surface area contributed by atoms with Crippen molar-refractivity contribution in [2.24, 2.45) is 5.73 Å². The van der Waals surface area contributed by atoms with Gasteiger partial charge in [-0.15, -0.1) is 0 Å². The molecule has 1 fully saturated rings. The Hall–Kier alpha value is -3.85. The quantitative estimate of drug-likeness (QED) is 0.142. The number of nitrogens with zero attached hydrogens (tertiary/aromatic N) is 1. The van der Waals surface area contributed by atoms with Gasteiger partial charge in [0.15, 0.2) is 5.78 Å². The number of nitrogens with two attached hydrogens (primary N) is 1. The standard InChI is InChI=1S/C29H33FN2O10S/c1-18(33)17-40-14-13-39-12-11-38-10-9-32(43(2,36)37)24-16-25-23(15-22(24)19-3-4-19)26(28(34)42-29(31)35)27(41-25)20-5-7-21(30)8-6-20/h5-8,15-16,19H,3-4,9-14,17H2,1-2H3,(H2,31,35). The van der Waals surface area contributed by atoms with Gasteiger partial charge in [0.1, 0.15) is 29.3 Å². The summed E-state index contributed by atoms with van der Waals surface area (Å²) >= 11 is 0. The lowest BCUT2D eigenvalue weighted by Gasteiger charge is -2.25. The Bertz CT molecular complexity index is 1580. The van der Waals surface area contributed by atoms with Gasteiger partial charge in [0.2, 0.25) is 10.0 Å². The van der Waals surface area contributed by atoms with E-state index < -0.39 is 27.9 Å². The minimum atomic E-state index is -3.78. The Morgan fingerprint density at radius 3 is 2.21 bits per heavy atom. The van der Waals surface area contributed by atoms with Crippen LogP contribution in [0.1, 0.15) is 41.6 Å². The molecule has 2 N–H and O–H groups in total. The summed E-state index contributed by atoms with van der Waals surface area (Å²) in [6, 6.07) is 8.37. The molecular weight excluding hydrogens is 587 g/mol. The summed E-state index contributed by atoms with van der Waals surface area (Å²) in [7, 11) is -3.78. The zero-order chi connectivity index (χ0) is 31.1. The molecule has 43 heavy (non-hydrogen) atoms. The number of furan rings is 1. The van der Waals surface area contributed by atoms with E-state index >= 15 is 0 Å². The Morgan fingerprint density at radius 1 is 1.00 bits per heavy atom. The van der Waals surface area contributed by atoms with Gasteiger partial charge in [-0.1, -0.05) is 0 Å². The van der Waals surface area contributed by atoms with E-state index in [0.29, 0.717) is 22.2 Å². The summed E-state index contributed by atoms with van der Waals surface area (Å²) < 4.78 is 67.5. The molecule has 0 spiro atoms. The normalized spacial score (nSPS) is 13.3. The van der Waals surface area contributed by atoms with Crippen LogP contribution < -0.4 is 10.0 Å². The SMILES string of the molecule is CC(=O)COCCOCCOCCN(c1cc2oc(-c3ccc(F)cc3)c(C(=O)OC(N)=O)c2cc1C1CC1)S(C)(=O)=O. The van der Waals surface area contributed by atoms with Crippen molar-refractivity contribution in [3.63, 3.8) is 0 Å². The van der Waals surface area contributed by atoms with Crippen molar-refractivity contribution in [3.8, 4) is 11.3 Å². The number of halogens is 1. The number of ketones is 1. The van der Waals surface area contributed by atoms with Crippen LogP contribution in [0.5, 0.6) is 0 Å². The molecule has 0 atom stereocenters. The Kier molecular flexibility index (Phi) is 10.5. The molecule has 1 amide bonds. The van der Waals surface area contributed by atoms with Crippen molar-refractivity contribution in [1.29, 1.82) is 0 Å². The fourth-order valence-corrected chi connectivity index (χ4v) is 5.43. The zero-order valence-corrected chi connectivity index (χ0v) is 24.6. The first-order valence-corrected chi connectivity index (χ1v) is 15.4. The molecular formula is C29H33FN2O10S. The second-order valence-electron chi connectivity index (χ2n) is 10.0. The number of anilines is 1. The fourth-order valence-electron chi connectivity index (χ4n) is 4.50. The van der Waals surface area contributed by atoms with Gasteiger partial charge in [-0.25, -0.2) is 22.4 Å². The molecule has 1 heterocycles. The zero-order valence-electron chi connectivity index (χ0n) is 23.8. The minimum Gasteiger partial charge on any atom is -0.455 e.